The van der Waals surface area contributed by atoms with E-state index >= 15 is 0 Å². The normalized spacial score (nSPS) is 9.94. The summed E-state index contributed by atoms with van der Waals surface area (Å²) < 4.78 is 0. The Balaban J connectivity index is 3.07. The van der Waals surface area contributed by atoms with Crippen LogP contribution in [0.1, 0.15) is 24.5 Å². The zero-order valence-corrected chi connectivity index (χ0v) is 10.4. The quantitative estimate of drug-likeness (QED) is 0.503. The van der Waals surface area contributed by atoms with Crippen LogP contribution < -0.4 is 5.32 Å². The molecule has 0 aliphatic rings. The third kappa shape index (κ3) is 3.38. The first kappa shape index (κ1) is 13.8. The zero-order chi connectivity index (χ0) is 13.9. The molecule has 0 aromatic heterocycles. The van der Waals surface area contributed by atoms with Gasteiger partial charge in [-0.2, -0.15) is 0 Å². The topological polar surface area (TPSA) is 89.3 Å². The minimum atomic E-state index is -0.560. The first-order valence-electron chi connectivity index (χ1n) is 5.36. The van der Waals surface area contributed by atoms with Gasteiger partial charge in [0.15, 0.2) is 0 Å². The van der Waals surface area contributed by atoms with Crippen molar-refractivity contribution in [3.8, 4) is 0 Å². The second-order valence-corrected chi connectivity index (χ2v) is 4.14. The molecule has 1 rings (SSSR count). The van der Waals surface area contributed by atoms with Gasteiger partial charge in [0, 0.05) is 6.07 Å². The van der Waals surface area contributed by atoms with Gasteiger partial charge in [0.2, 0.25) is 5.91 Å². The van der Waals surface area contributed by atoms with Crippen LogP contribution >= 0.6 is 0 Å². The zero-order valence-electron chi connectivity index (χ0n) is 10.4. The van der Waals surface area contributed by atoms with Gasteiger partial charge in [0.1, 0.15) is 11.5 Å². The van der Waals surface area contributed by atoms with Gasteiger partial charge in [-0.3, -0.25) is 19.7 Å². The van der Waals surface area contributed by atoms with E-state index in [0.29, 0.717) is 0 Å². The molecule has 0 radical (unpaired) electrons. The molecule has 0 saturated carbocycles. The molecule has 0 atom stereocenters. The van der Waals surface area contributed by atoms with E-state index in [1.807, 2.05) is 0 Å². The van der Waals surface area contributed by atoms with Crippen LogP contribution in [0.3, 0.4) is 0 Å². The number of carbonyl (C=O) groups is 2. The van der Waals surface area contributed by atoms with E-state index in [4.69, 9.17) is 0 Å². The second kappa shape index (κ2) is 5.39. The molecule has 0 bridgehead atoms. The Hall–Kier alpha value is -2.24. The molecular formula is C12H14N2O4. The summed E-state index contributed by atoms with van der Waals surface area (Å²) in [6.45, 7) is 4.83. The summed E-state index contributed by atoms with van der Waals surface area (Å²) in [5, 5.41) is 13.3. The Labute approximate surface area is 104 Å². The van der Waals surface area contributed by atoms with Crippen LogP contribution in [-0.4, -0.2) is 16.6 Å². The van der Waals surface area contributed by atoms with Gasteiger partial charge in [0.05, 0.1) is 11.3 Å². The van der Waals surface area contributed by atoms with Crippen LogP contribution in [0.15, 0.2) is 12.1 Å². The van der Waals surface area contributed by atoms with Crippen LogP contribution in [0, 0.1) is 24.0 Å². The van der Waals surface area contributed by atoms with Gasteiger partial charge < -0.3 is 5.32 Å². The number of aryl methyl sites for hydroxylation is 2. The molecule has 6 heteroatoms. The Bertz CT molecular complexity index is 523. The third-order valence-corrected chi connectivity index (χ3v) is 2.49. The largest absolute Gasteiger partial charge is 0.320 e. The van der Waals surface area contributed by atoms with Crippen molar-refractivity contribution < 1.29 is 14.5 Å². The second-order valence-electron chi connectivity index (χ2n) is 4.14. The highest BCUT2D eigenvalue weighted by Gasteiger charge is 2.17. The Morgan fingerprint density at radius 3 is 2.33 bits per heavy atom. The van der Waals surface area contributed by atoms with Crippen molar-refractivity contribution in [2.24, 2.45) is 0 Å². The monoisotopic (exact) mass is 250 g/mol. The van der Waals surface area contributed by atoms with E-state index in [1.54, 1.807) is 13.8 Å². The summed E-state index contributed by atoms with van der Waals surface area (Å²) in [4.78, 5) is 32.5. The number of nitrogens with zero attached hydrogens (tertiary/aromatic N) is 1. The highest BCUT2D eigenvalue weighted by atomic mass is 16.6. The first-order chi connectivity index (χ1) is 8.31. The molecule has 96 valence electrons. The fourth-order valence-corrected chi connectivity index (χ4v) is 1.47. The number of benzene rings is 1. The minimum absolute atomic E-state index is 0.120. The number of hydrogen-bond acceptors (Lipinski definition) is 4. The van der Waals surface area contributed by atoms with Crippen LogP contribution in [-0.2, 0) is 9.59 Å². The van der Waals surface area contributed by atoms with Crippen molar-refractivity contribution >= 4 is 23.1 Å². The molecule has 0 heterocycles. The summed E-state index contributed by atoms with van der Waals surface area (Å²) in [5.41, 5.74) is 1.55. The van der Waals surface area contributed by atoms with Crippen molar-refractivity contribution in [2.45, 2.75) is 27.2 Å². The Morgan fingerprint density at radius 2 is 1.83 bits per heavy atom. The van der Waals surface area contributed by atoms with Crippen molar-refractivity contribution in [1.29, 1.82) is 0 Å². The van der Waals surface area contributed by atoms with Crippen LogP contribution in [0.5, 0.6) is 0 Å². The summed E-state index contributed by atoms with van der Waals surface area (Å²) in [6.07, 6.45) is -0.288. The Kier molecular flexibility index (Phi) is 4.14. The van der Waals surface area contributed by atoms with Gasteiger partial charge in [-0.05, 0) is 38.0 Å². The average Bonchev–Trinajstić information content (AvgIpc) is 2.21. The number of nitrogens with one attached hydrogen (secondary N) is 1. The van der Waals surface area contributed by atoms with Gasteiger partial charge in [0.25, 0.3) is 5.69 Å². The van der Waals surface area contributed by atoms with Crippen LogP contribution in [0.25, 0.3) is 0 Å². The van der Waals surface area contributed by atoms with Gasteiger partial charge in [-0.15, -0.1) is 0 Å². The molecule has 0 saturated heterocycles. The van der Waals surface area contributed by atoms with E-state index < -0.39 is 10.8 Å². The van der Waals surface area contributed by atoms with Crippen molar-refractivity contribution in [2.75, 3.05) is 5.32 Å². The van der Waals surface area contributed by atoms with E-state index in [0.717, 1.165) is 11.1 Å². The van der Waals surface area contributed by atoms with Crippen molar-refractivity contribution in [3.05, 3.63) is 33.4 Å². The standard InChI is InChI=1S/C12H14N2O4/c1-7-4-10(13-12(16)6-9(3)15)11(14(17)18)5-8(7)2/h4-5H,6H2,1-3H3,(H,13,16). The number of rotatable bonds is 4. The highest BCUT2D eigenvalue weighted by Crippen LogP contribution is 2.27. The fourth-order valence-electron chi connectivity index (χ4n) is 1.47. The van der Waals surface area contributed by atoms with E-state index in [2.05, 4.69) is 5.32 Å². The lowest BCUT2D eigenvalue weighted by Crippen LogP contribution is -2.16. The van der Waals surface area contributed by atoms with E-state index in [1.165, 1.54) is 19.1 Å². The molecule has 0 aliphatic heterocycles. The number of anilines is 1. The van der Waals surface area contributed by atoms with Gasteiger partial charge in [-0.1, -0.05) is 0 Å². The SMILES string of the molecule is CC(=O)CC(=O)Nc1cc(C)c(C)cc1[N+](=O)[O-]. The highest BCUT2D eigenvalue weighted by molar-refractivity contribution is 6.04. The number of hydrogen-bond donors (Lipinski definition) is 1. The van der Waals surface area contributed by atoms with Gasteiger partial charge >= 0.3 is 0 Å². The Morgan fingerprint density at radius 1 is 1.28 bits per heavy atom. The predicted octanol–water partition coefficient (Wildman–Crippen LogP) is 2.13. The number of Topliss-reactive ketones (excluding diaryl/α,β-unsaturated/α-hetero) is 1. The summed E-state index contributed by atoms with van der Waals surface area (Å²) in [6, 6.07) is 2.93. The molecule has 1 aromatic rings. The molecule has 18 heavy (non-hydrogen) atoms. The van der Waals surface area contributed by atoms with Crippen LogP contribution in [0.4, 0.5) is 11.4 Å². The molecular weight excluding hydrogens is 236 g/mol. The fraction of sp³-hybridized carbons (Fsp3) is 0.333. The van der Waals surface area contributed by atoms with Crippen molar-refractivity contribution in [3.63, 3.8) is 0 Å². The molecule has 1 aromatic carbocycles. The van der Waals surface area contributed by atoms with E-state index in [-0.39, 0.29) is 23.6 Å². The lowest BCUT2D eigenvalue weighted by molar-refractivity contribution is -0.384. The first-order valence-corrected chi connectivity index (χ1v) is 5.36. The third-order valence-electron chi connectivity index (χ3n) is 2.49. The maximum Gasteiger partial charge on any atom is 0.293 e. The molecule has 1 N–H and O–H groups in total. The molecule has 0 aliphatic carbocycles. The summed E-state index contributed by atoms with van der Waals surface area (Å²) in [7, 11) is 0. The smallest absolute Gasteiger partial charge is 0.293 e. The lowest BCUT2D eigenvalue weighted by Gasteiger charge is -2.08. The van der Waals surface area contributed by atoms with E-state index in [9.17, 15) is 19.7 Å². The minimum Gasteiger partial charge on any atom is -0.320 e. The number of nitro groups is 1. The maximum absolute atomic E-state index is 11.4. The predicted molar refractivity (Wildman–Crippen MR) is 66.5 cm³/mol. The van der Waals surface area contributed by atoms with Crippen molar-refractivity contribution in [1.82, 2.24) is 0 Å². The summed E-state index contributed by atoms with van der Waals surface area (Å²) in [5.74, 6) is -0.840. The number of ketones is 1. The number of nitro benzene ring substituents is 1. The molecule has 0 fully saturated rings. The molecule has 0 spiro atoms. The average molecular weight is 250 g/mol. The molecule has 6 nitrogen and oxygen atoms in total. The number of amides is 1. The molecule has 0 unspecified atom stereocenters. The lowest BCUT2D eigenvalue weighted by atomic mass is 10.1. The number of carbonyl (C=O) groups excluding carboxylic acids is 2. The maximum atomic E-state index is 11.4. The molecule has 1 amide bonds. The van der Waals surface area contributed by atoms with Crippen LogP contribution in [0.2, 0.25) is 0 Å². The summed E-state index contributed by atoms with van der Waals surface area (Å²) >= 11 is 0. The van der Waals surface area contributed by atoms with Gasteiger partial charge in [-0.25, -0.2) is 0 Å².